The number of hydrogen-bond donors (Lipinski definition) is 3. The highest BCUT2D eigenvalue weighted by molar-refractivity contribution is 5.96. The van der Waals surface area contributed by atoms with Gasteiger partial charge in [-0.2, -0.15) is 0 Å². The van der Waals surface area contributed by atoms with Gasteiger partial charge in [-0.15, -0.1) is 4.99 Å². The summed E-state index contributed by atoms with van der Waals surface area (Å²) in [4.78, 5) is 40.2. The quantitative estimate of drug-likeness (QED) is 0.364. The maximum atomic E-state index is 13.0. The van der Waals surface area contributed by atoms with E-state index in [0.717, 1.165) is 56.1 Å². The molecule has 0 unspecified atom stereocenters. The number of aldehydes is 1. The van der Waals surface area contributed by atoms with Crippen molar-refractivity contribution in [2.45, 2.75) is 71.4 Å². The molecule has 8 nitrogen and oxygen atoms in total. The van der Waals surface area contributed by atoms with Gasteiger partial charge in [0.15, 0.2) is 0 Å². The third-order valence-electron chi connectivity index (χ3n) is 6.54. The molecule has 3 saturated carbocycles. The minimum absolute atomic E-state index is 0.0598. The van der Waals surface area contributed by atoms with Crippen molar-refractivity contribution in [3.8, 4) is 0 Å². The second-order valence-electron chi connectivity index (χ2n) is 9.96. The van der Waals surface area contributed by atoms with E-state index in [4.69, 9.17) is 4.74 Å². The molecule has 174 valence electrons. The van der Waals surface area contributed by atoms with Crippen LogP contribution >= 0.6 is 0 Å². The molecule has 0 saturated heterocycles. The van der Waals surface area contributed by atoms with E-state index in [1.54, 1.807) is 27.8 Å². The molecule has 0 heterocycles. The molecule has 4 rings (SSSR count). The van der Waals surface area contributed by atoms with Gasteiger partial charge in [0.25, 0.3) is 0 Å². The Hall–Kier alpha value is -2.90. The van der Waals surface area contributed by atoms with Crippen molar-refractivity contribution in [1.82, 2.24) is 10.6 Å². The predicted molar refractivity (Wildman–Crippen MR) is 123 cm³/mol. The smallest absolute Gasteiger partial charge is 0.437 e. The molecule has 3 N–H and O–H groups in total. The summed E-state index contributed by atoms with van der Waals surface area (Å²) in [5, 5.41) is 8.97. The highest BCUT2D eigenvalue weighted by Gasteiger charge is 2.52. The number of aliphatic imine (C=N–C) groups is 1. The van der Waals surface area contributed by atoms with E-state index >= 15 is 0 Å². The Morgan fingerprint density at radius 2 is 1.66 bits per heavy atom. The van der Waals surface area contributed by atoms with E-state index in [0.29, 0.717) is 12.5 Å². The van der Waals surface area contributed by atoms with Crippen LogP contribution in [0.3, 0.4) is 0 Å². The lowest BCUT2D eigenvalue weighted by molar-refractivity contribution is -0.139. The number of benzene rings is 1. The molecule has 0 aromatic heterocycles. The van der Waals surface area contributed by atoms with E-state index in [2.05, 4.69) is 20.9 Å². The Balaban J connectivity index is 1.53. The number of hydrogen-bond acceptors (Lipinski definition) is 4. The number of nitrogens with one attached hydrogen (secondary N) is 3. The zero-order valence-corrected chi connectivity index (χ0v) is 19.4. The number of nitrogens with zero attached hydrogens (tertiary/aromatic N) is 1. The number of ether oxygens (including phenoxy) is 1. The van der Waals surface area contributed by atoms with Crippen molar-refractivity contribution in [2.24, 2.45) is 15.8 Å². The SMILES string of the molecule is CN/C(=N/C(=O)OC(C)(C)C)NCc1ccc(NC(=O)C23CCC(C=O)(CC2)CC3)cc1. The molecule has 2 amide bonds. The number of carbonyl (C=O) groups is 3. The molecule has 3 aliphatic rings. The molecule has 3 aliphatic carbocycles. The fourth-order valence-electron chi connectivity index (χ4n) is 4.45. The summed E-state index contributed by atoms with van der Waals surface area (Å²) in [6.45, 7) is 5.81. The van der Waals surface area contributed by atoms with E-state index < -0.39 is 11.7 Å². The lowest BCUT2D eigenvalue weighted by Gasteiger charge is -2.49. The van der Waals surface area contributed by atoms with Gasteiger partial charge in [0.2, 0.25) is 11.9 Å². The summed E-state index contributed by atoms with van der Waals surface area (Å²) in [5.41, 5.74) is 0.591. The molecule has 3 fully saturated rings. The van der Waals surface area contributed by atoms with Crippen molar-refractivity contribution in [3.63, 3.8) is 0 Å². The van der Waals surface area contributed by atoms with Gasteiger partial charge in [-0.3, -0.25) is 4.79 Å². The van der Waals surface area contributed by atoms with Gasteiger partial charge >= 0.3 is 6.09 Å². The normalized spacial score (nSPS) is 25.1. The van der Waals surface area contributed by atoms with Crippen molar-refractivity contribution < 1.29 is 19.1 Å². The first-order valence-electron chi connectivity index (χ1n) is 11.2. The van der Waals surface area contributed by atoms with Gasteiger partial charge in [-0.25, -0.2) is 4.79 Å². The molecule has 0 radical (unpaired) electrons. The van der Waals surface area contributed by atoms with Crippen molar-refractivity contribution in [1.29, 1.82) is 0 Å². The molecule has 1 aromatic rings. The average molecular weight is 443 g/mol. The summed E-state index contributed by atoms with van der Waals surface area (Å²) in [6.07, 6.45) is 5.23. The number of anilines is 1. The number of carbonyl (C=O) groups excluding carboxylic acids is 3. The zero-order chi connectivity index (χ0) is 23.4. The Morgan fingerprint density at radius 3 is 2.16 bits per heavy atom. The van der Waals surface area contributed by atoms with Crippen LogP contribution in [0.25, 0.3) is 0 Å². The first-order valence-corrected chi connectivity index (χ1v) is 11.2. The minimum Gasteiger partial charge on any atom is -0.442 e. The molecule has 0 atom stereocenters. The van der Waals surface area contributed by atoms with Crippen molar-refractivity contribution >= 4 is 29.9 Å². The highest BCUT2D eigenvalue weighted by atomic mass is 16.6. The largest absolute Gasteiger partial charge is 0.442 e. The summed E-state index contributed by atoms with van der Waals surface area (Å²) < 4.78 is 5.19. The van der Waals surface area contributed by atoms with E-state index in [1.165, 1.54) is 0 Å². The predicted octanol–water partition coefficient (Wildman–Crippen LogP) is 3.76. The van der Waals surface area contributed by atoms with E-state index in [9.17, 15) is 14.4 Å². The Kier molecular flexibility index (Phi) is 6.91. The first kappa shape index (κ1) is 23.8. The Morgan fingerprint density at radius 1 is 1.06 bits per heavy atom. The number of rotatable bonds is 5. The van der Waals surface area contributed by atoms with Crippen LogP contribution in [0.4, 0.5) is 10.5 Å². The molecular weight excluding hydrogens is 408 g/mol. The van der Waals surface area contributed by atoms with Gasteiger partial charge in [-0.1, -0.05) is 12.1 Å². The van der Waals surface area contributed by atoms with Crippen LogP contribution in [-0.4, -0.2) is 36.9 Å². The third-order valence-corrected chi connectivity index (χ3v) is 6.54. The van der Waals surface area contributed by atoms with Crippen LogP contribution in [0.1, 0.15) is 64.9 Å². The van der Waals surface area contributed by atoms with Crippen LogP contribution in [-0.2, 0) is 20.9 Å². The van der Waals surface area contributed by atoms with Crippen LogP contribution in [0.2, 0.25) is 0 Å². The summed E-state index contributed by atoms with van der Waals surface area (Å²) >= 11 is 0. The topological polar surface area (TPSA) is 109 Å². The lowest BCUT2D eigenvalue weighted by Crippen LogP contribution is -2.48. The number of fused-ring (bicyclic) bond motifs is 3. The Labute approximate surface area is 189 Å². The molecule has 1 aromatic carbocycles. The van der Waals surface area contributed by atoms with E-state index in [-0.39, 0.29) is 16.7 Å². The highest BCUT2D eigenvalue weighted by Crippen LogP contribution is 2.56. The van der Waals surface area contributed by atoms with Crippen LogP contribution in [0, 0.1) is 10.8 Å². The molecule has 2 bridgehead atoms. The van der Waals surface area contributed by atoms with Gasteiger partial charge in [-0.05, 0) is 77.0 Å². The zero-order valence-electron chi connectivity index (χ0n) is 19.4. The van der Waals surface area contributed by atoms with Crippen LogP contribution in [0.5, 0.6) is 0 Å². The molecular formula is C24H34N4O4. The van der Waals surface area contributed by atoms with Crippen LogP contribution in [0.15, 0.2) is 29.3 Å². The lowest BCUT2D eigenvalue weighted by atomic mass is 9.54. The second kappa shape index (κ2) is 9.30. The maximum Gasteiger partial charge on any atom is 0.437 e. The molecule has 32 heavy (non-hydrogen) atoms. The first-order chi connectivity index (χ1) is 15.1. The van der Waals surface area contributed by atoms with E-state index in [1.807, 2.05) is 24.3 Å². The van der Waals surface area contributed by atoms with Gasteiger partial charge in [0.1, 0.15) is 11.9 Å². The van der Waals surface area contributed by atoms with Gasteiger partial charge in [0, 0.05) is 30.1 Å². The van der Waals surface area contributed by atoms with Gasteiger partial charge < -0.3 is 25.5 Å². The molecule has 0 aliphatic heterocycles. The fraction of sp³-hybridized carbons (Fsp3) is 0.583. The fourth-order valence-corrected chi connectivity index (χ4v) is 4.45. The average Bonchev–Trinajstić information content (AvgIpc) is 2.77. The van der Waals surface area contributed by atoms with Crippen molar-refractivity contribution in [3.05, 3.63) is 29.8 Å². The number of guanidine groups is 1. The van der Waals surface area contributed by atoms with Crippen LogP contribution < -0.4 is 16.0 Å². The summed E-state index contributed by atoms with van der Waals surface area (Å²) in [7, 11) is 1.67. The summed E-state index contributed by atoms with van der Waals surface area (Å²) in [6, 6.07) is 7.58. The minimum atomic E-state index is -0.664. The molecule has 8 heteroatoms. The summed E-state index contributed by atoms with van der Waals surface area (Å²) in [5.74, 6) is 0.376. The number of amides is 2. The molecule has 0 spiro atoms. The van der Waals surface area contributed by atoms with Gasteiger partial charge in [0.05, 0.1) is 0 Å². The van der Waals surface area contributed by atoms with Crippen molar-refractivity contribution in [2.75, 3.05) is 12.4 Å². The monoisotopic (exact) mass is 442 g/mol. The standard InChI is InChI=1S/C24H34N4O4/c1-22(2,3)32-21(31)28-20(25-4)26-15-17-5-7-18(8-6-17)27-19(30)24-12-9-23(16-29,10-13-24)11-14-24/h5-8,16H,9-15H2,1-4H3,(H,27,30)(H2,25,26,28,31). The second-order valence-corrected chi connectivity index (χ2v) is 9.96. The maximum absolute atomic E-state index is 13.0. The Bertz CT molecular complexity index is 862. The third kappa shape index (κ3) is 5.66.